The van der Waals surface area contributed by atoms with E-state index in [4.69, 9.17) is 14.2 Å². The van der Waals surface area contributed by atoms with Gasteiger partial charge in [0.05, 0.1) is 21.3 Å². The van der Waals surface area contributed by atoms with E-state index in [9.17, 15) is 9.59 Å². The Bertz CT molecular complexity index is 1570. The van der Waals surface area contributed by atoms with E-state index < -0.39 is 5.92 Å². The number of benzene rings is 3. The van der Waals surface area contributed by atoms with E-state index in [1.165, 1.54) is 0 Å². The average molecular weight is 553 g/mol. The molecule has 5 rings (SSSR count). The summed E-state index contributed by atoms with van der Waals surface area (Å²) in [6, 6.07) is 19.2. The van der Waals surface area contributed by atoms with Crippen LogP contribution in [0.15, 0.2) is 83.2 Å². The van der Waals surface area contributed by atoms with Gasteiger partial charge in [-0.15, -0.1) is 0 Å². The highest BCUT2D eigenvalue weighted by Gasteiger charge is 2.41. The minimum absolute atomic E-state index is 0.0321. The van der Waals surface area contributed by atoms with Gasteiger partial charge >= 0.3 is 0 Å². The van der Waals surface area contributed by atoms with Crippen LogP contribution in [-0.4, -0.2) is 33.0 Å². The van der Waals surface area contributed by atoms with E-state index in [1.54, 1.807) is 45.6 Å². The number of ether oxygens (including phenoxy) is 3. The van der Waals surface area contributed by atoms with Crippen molar-refractivity contribution in [2.24, 2.45) is 0 Å². The topological polar surface area (TPSA) is 85.9 Å². The molecule has 1 aliphatic carbocycles. The predicted octanol–water partition coefficient (Wildman–Crippen LogP) is 6.33. The maximum Gasteiger partial charge on any atom is 0.254 e. The Morgan fingerprint density at radius 3 is 2.27 bits per heavy atom. The molecular formula is C34H36N2O5. The number of hydrogen-bond donors (Lipinski definition) is 2. The maximum atomic E-state index is 14.1. The average Bonchev–Trinajstić information content (AvgIpc) is 2.97. The number of rotatable bonds is 7. The first kappa shape index (κ1) is 28.0. The summed E-state index contributed by atoms with van der Waals surface area (Å²) in [6.45, 7) is 5.98. The fourth-order valence-electron chi connectivity index (χ4n) is 5.94. The van der Waals surface area contributed by atoms with Crippen molar-refractivity contribution in [1.82, 2.24) is 5.32 Å². The summed E-state index contributed by atoms with van der Waals surface area (Å²) in [5.41, 5.74) is 7.56. The summed E-state index contributed by atoms with van der Waals surface area (Å²) < 4.78 is 16.2. The van der Waals surface area contributed by atoms with Gasteiger partial charge in [-0.1, -0.05) is 29.8 Å². The van der Waals surface area contributed by atoms with Gasteiger partial charge in [-0.2, -0.15) is 0 Å². The number of anilines is 1. The molecule has 7 nitrogen and oxygen atoms in total. The fraction of sp³-hybridized carbons (Fsp3) is 0.294. The van der Waals surface area contributed by atoms with Gasteiger partial charge < -0.3 is 24.8 Å². The van der Waals surface area contributed by atoms with Crippen molar-refractivity contribution in [2.75, 3.05) is 26.6 Å². The van der Waals surface area contributed by atoms with Crippen LogP contribution in [0.25, 0.3) is 0 Å². The second-order valence-corrected chi connectivity index (χ2v) is 10.7. The first-order valence-electron chi connectivity index (χ1n) is 13.7. The summed E-state index contributed by atoms with van der Waals surface area (Å²) in [5, 5.41) is 6.51. The molecule has 0 radical (unpaired) electrons. The highest BCUT2D eigenvalue weighted by Crippen LogP contribution is 2.47. The quantitative estimate of drug-likeness (QED) is 0.356. The van der Waals surface area contributed by atoms with Gasteiger partial charge in [0.2, 0.25) is 0 Å². The zero-order valence-electron chi connectivity index (χ0n) is 24.4. The molecule has 212 valence electrons. The fourth-order valence-corrected chi connectivity index (χ4v) is 5.94. The molecule has 0 fully saturated rings. The molecule has 2 aliphatic rings. The highest BCUT2D eigenvalue weighted by atomic mass is 16.5. The Kier molecular flexibility index (Phi) is 7.88. The number of carbonyl (C=O) groups is 2. The van der Waals surface area contributed by atoms with Gasteiger partial charge in [0.25, 0.3) is 5.91 Å². The predicted molar refractivity (Wildman–Crippen MR) is 160 cm³/mol. The number of dihydropyridines is 1. The summed E-state index contributed by atoms with van der Waals surface area (Å²) in [5.74, 6) is 1.27. The molecule has 2 atom stereocenters. The number of amides is 1. The van der Waals surface area contributed by atoms with Crippen LogP contribution < -0.4 is 24.8 Å². The van der Waals surface area contributed by atoms with Gasteiger partial charge in [0.15, 0.2) is 17.3 Å². The van der Waals surface area contributed by atoms with Gasteiger partial charge in [0, 0.05) is 40.6 Å². The van der Waals surface area contributed by atoms with Gasteiger partial charge in [0.1, 0.15) is 5.75 Å². The van der Waals surface area contributed by atoms with E-state index in [2.05, 4.69) is 28.8 Å². The van der Waals surface area contributed by atoms with Crippen LogP contribution >= 0.6 is 0 Å². The monoisotopic (exact) mass is 552 g/mol. The summed E-state index contributed by atoms with van der Waals surface area (Å²) in [7, 11) is 4.82. The Hall–Kier alpha value is -4.52. The Morgan fingerprint density at radius 1 is 0.854 bits per heavy atom. The molecule has 1 heterocycles. The van der Waals surface area contributed by atoms with E-state index in [1.807, 2.05) is 39.0 Å². The lowest BCUT2D eigenvalue weighted by molar-refractivity contribution is -0.116. The number of nitrogens with one attached hydrogen (secondary N) is 2. The Labute approximate surface area is 241 Å². The number of methoxy groups -OCH3 is 3. The molecule has 0 saturated heterocycles. The molecule has 3 aromatic carbocycles. The molecule has 3 aromatic rings. The highest BCUT2D eigenvalue weighted by molar-refractivity contribution is 6.10. The van der Waals surface area contributed by atoms with Crippen LogP contribution in [-0.2, 0) is 9.59 Å². The Balaban J connectivity index is 1.56. The molecule has 1 aliphatic heterocycles. The van der Waals surface area contributed by atoms with Crippen LogP contribution in [0.5, 0.6) is 17.2 Å². The lowest BCUT2D eigenvalue weighted by Gasteiger charge is -2.37. The molecule has 0 aromatic heterocycles. The Morgan fingerprint density at radius 2 is 1.59 bits per heavy atom. The van der Waals surface area contributed by atoms with Crippen molar-refractivity contribution in [3.05, 3.63) is 105 Å². The lowest BCUT2D eigenvalue weighted by atomic mass is 9.70. The zero-order chi connectivity index (χ0) is 29.3. The van der Waals surface area contributed by atoms with Crippen molar-refractivity contribution in [3.8, 4) is 17.2 Å². The van der Waals surface area contributed by atoms with E-state index >= 15 is 0 Å². The molecule has 0 spiro atoms. The van der Waals surface area contributed by atoms with Crippen LogP contribution in [0, 0.1) is 13.8 Å². The third-order valence-electron chi connectivity index (χ3n) is 8.04. The second-order valence-electron chi connectivity index (χ2n) is 10.7. The zero-order valence-corrected chi connectivity index (χ0v) is 24.4. The van der Waals surface area contributed by atoms with Crippen molar-refractivity contribution < 1.29 is 23.8 Å². The molecule has 2 N–H and O–H groups in total. The van der Waals surface area contributed by atoms with Gasteiger partial charge in [-0.05, 0) is 86.2 Å². The normalized spacial score (nSPS) is 18.4. The minimum atomic E-state index is -0.483. The first-order chi connectivity index (χ1) is 19.7. The summed E-state index contributed by atoms with van der Waals surface area (Å²) in [4.78, 5) is 28.0. The first-order valence-corrected chi connectivity index (χ1v) is 13.7. The molecule has 0 bridgehead atoms. The van der Waals surface area contributed by atoms with Crippen LogP contribution in [0.1, 0.15) is 53.9 Å². The third-order valence-corrected chi connectivity index (χ3v) is 8.04. The van der Waals surface area contributed by atoms with Crippen molar-refractivity contribution in [3.63, 3.8) is 0 Å². The molecule has 1 amide bonds. The third kappa shape index (κ3) is 5.44. The van der Waals surface area contributed by atoms with E-state index in [-0.39, 0.29) is 17.6 Å². The standard InChI is InChI=1S/C34H36N2O5/c1-19-7-8-20(2)26(15-19)32-31(34(38)36-24-10-12-25(39-4)13-11-24)21(3)35-27-16-23(17-28(37)33(27)32)22-9-14-29(40-5)30(18-22)41-6/h7-15,18,23,32,35H,16-17H2,1-6H3,(H,36,38)/t23-,32+/m0/s1. The molecule has 0 saturated carbocycles. The number of ketones is 1. The number of allylic oxidation sites excluding steroid dienone is 3. The van der Waals surface area contributed by atoms with E-state index in [0.717, 1.165) is 33.6 Å². The van der Waals surface area contributed by atoms with Gasteiger partial charge in [-0.25, -0.2) is 0 Å². The number of carbonyl (C=O) groups excluding carboxylic acids is 2. The maximum absolute atomic E-state index is 14.1. The van der Waals surface area contributed by atoms with Crippen LogP contribution in [0.2, 0.25) is 0 Å². The molecule has 41 heavy (non-hydrogen) atoms. The summed E-state index contributed by atoms with van der Waals surface area (Å²) in [6.07, 6.45) is 0.979. The SMILES string of the molecule is COc1ccc(NC(=O)C2=C(C)NC3=C(C(=O)C[C@@H](c4ccc(OC)c(OC)c4)C3)[C@@H]2c2cc(C)ccc2C)cc1. The van der Waals surface area contributed by atoms with Crippen molar-refractivity contribution >= 4 is 17.4 Å². The lowest BCUT2D eigenvalue weighted by Crippen LogP contribution is -2.37. The van der Waals surface area contributed by atoms with Crippen molar-refractivity contribution in [1.29, 1.82) is 0 Å². The molecule has 7 heteroatoms. The number of Topliss-reactive ketones (excluding diaryl/α,β-unsaturated/α-hetero) is 1. The van der Waals surface area contributed by atoms with E-state index in [0.29, 0.717) is 46.9 Å². The largest absolute Gasteiger partial charge is 0.497 e. The minimum Gasteiger partial charge on any atom is -0.497 e. The second kappa shape index (κ2) is 11.5. The number of aryl methyl sites for hydroxylation is 2. The smallest absolute Gasteiger partial charge is 0.254 e. The molecular weight excluding hydrogens is 516 g/mol. The number of hydrogen-bond acceptors (Lipinski definition) is 6. The van der Waals surface area contributed by atoms with Gasteiger partial charge in [-0.3, -0.25) is 9.59 Å². The summed E-state index contributed by atoms with van der Waals surface area (Å²) >= 11 is 0. The van der Waals surface area contributed by atoms with Crippen LogP contribution in [0.3, 0.4) is 0 Å². The molecule has 0 unspecified atom stereocenters. The van der Waals surface area contributed by atoms with Crippen molar-refractivity contribution in [2.45, 2.75) is 45.4 Å². The van der Waals surface area contributed by atoms with Crippen LogP contribution in [0.4, 0.5) is 5.69 Å².